The zero-order valence-electron chi connectivity index (χ0n) is 21.8. The normalized spacial score (nSPS) is 10.5. The number of carbonyl (C=O) groups excluding carboxylic acids is 2. The van der Waals surface area contributed by atoms with Gasteiger partial charge in [0, 0.05) is 34.8 Å². The number of hydrogen-bond donors (Lipinski definition) is 2. The van der Waals surface area contributed by atoms with Gasteiger partial charge in [0.1, 0.15) is 17.7 Å². The molecule has 2 heterocycles. The van der Waals surface area contributed by atoms with Gasteiger partial charge in [-0.2, -0.15) is 5.26 Å². The molecule has 2 amide bonds. The summed E-state index contributed by atoms with van der Waals surface area (Å²) in [7, 11) is 0. The fourth-order valence-electron chi connectivity index (χ4n) is 3.65. The summed E-state index contributed by atoms with van der Waals surface area (Å²) in [5, 5.41) is 15.0. The number of aryl methyl sites for hydroxylation is 1. The van der Waals surface area contributed by atoms with Crippen LogP contribution < -0.4 is 10.6 Å². The maximum absolute atomic E-state index is 13.0. The molecule has 0 saturated heterocycles. The lowest BCUT2D eigenvalue weighted by molar-refractivity contribution is -0.114. The first-order valence-corrected chi connectivity index (χ1v) is 12.1. The third kappa shape index (κ3) is 6.88. The van der Waals surface area contributed by atoms with E-state index in [1.807, 2.05) is 43.3 Å². The molecule has 9 nitrogen and oxygen atoms in total. The predicted octanol–water partition coefficient (Wildman–Crippen LogP) is 5.22. The standard InChI is InChI=1S/C30H25N7O2/c1-20-13-27(35-19-34-20)37-28(38)17-32-16-23-9-10-24(15-25(23)21-7-5-4-6-8-21)36-29(39)22-11-12-33-26(14-22)30(2,3)18-31/h4-15,19H,17H2,1-3H3,(H,34,35,37,38)/p+1. The smallest absolute Gasteiger partial charge is 0.322 e. The van der Waals surface area contributed by atoms with Crippen LogP contribution in [-0.4, -0.2) is 33.3 Å². The van der Waals surface area contributed by atoms with Gasteiger partial charge in [-0.25, -0.2) is 9.97 Å². The van der Waals surface area contributed by atoms with Crippen LogP contribution in [0.5, 0.6) is 0 Å². The van der Waals surface area contributed by atoms with Crippen molar-refractivity contribution >= 4 is 23.3 Å². The summed E-state index contributed by atoms with van der Waals surface area (Å²) in [5.41, 5.74) is 3.74. The number of benzene rings is 2. The largest absolute Gasteiger partial charge is 0.340 e. The predicted molar refractivity (Wildman–Crippen MR) is 149 cm³/mol. The van der Waals surface area contributed by atoms with Gasteiger partial charge in [-0.15, -0.1) is 0 Å². The van der Waals surface area contributed by atoms with Crippen LogP contribution >= 0.6 is 0 Å². The molecule has 0 bridgehead atoms. The van der Waals surface area contributed by atoms with Gasteiger partial charge in [0.2, 0.25) is 0 Å². The lowest BCUT2D eigenvalue weighted by atomic mass is 9.90. The number of nitriles is 1. The van der Waals surface area contributed by atoms with Crippen molar-refractivity contribution in [3.63, 3.8) is 0 Å². The minimum Gasteiger partial charge on any atom is -0.322 e. The number of pyridine rings is 1. The third-order valence-corrected chi connectivity index (χ3v) is 5.80. The molecule has 4 aromatic rings. The highest BCUT2D eigenvalue weighted by atomic mass is 16.2. The molecule has 2 N–H and O–H groups in total. The van der Waals surface area contributed by atoms with Gasteiger partial charge in [0.05, 0.1) is 17.2 Å². The minimum absolute atomic E-state index is 0.140. The molecule has 192 valence electrons. The molecule has 0 atom stereocenters. The van der Waals surface area contributed by atoms with Crippen LogP contribution in [0.1, 0.15) is 41.2 Å². The number of aromatic nitrogens is 3. The maximum Gasteiger partial charge on any atom is 0.340 e. The molecule has 9 heteroatoms. The van der Waals surface area contributed by atoms with Gasteiger partial charge in [0.15, 0.2) is 0 Å². The van der Waals surface area contributed by atoms with Gasteiger partial charge in [0.25, 0.3) is 5.91 Å². The van der Waals surface area contributed by atoms with Crippen molar-refractivity contribution in [2.75, 3.05) is 17.2 Å². The van der Waals surface area contributed by atoms with Crippen molar-refractivity contribution in [3.05, 3.63) is 107 Å². The van der Waals surface area contributed by atoms with E-state index in [1.165, 1.54) is 12.5 Å². The topological polar surface area (TPSA) is 125 Å². The number of nitrogens with one attached hydrogen (secondary N) is 2. The minimum atomic E-state index is -0.821. The molecule has 0 aliphatic heterocycles. The first-order chi connectivity index (χ1) is 18.7. The molecule has 0 unspecified atom stereocenters. The van der Waals surface area contributed by atoms with Crippen LogP contribution in [0.15, 0.2) is 79.3 Å². The number of amides is 2. The maximum atomic E-state index is 13.0. The van der Waals surface area contributed by atoms with Crippen LogP contribution in [0.25, 0.3) is 16.0 Å². The first kappa shape index (κ1) is 26.6. The average molecular weight is 517 g/mol. The molecule has 2 aromatic carbocycles. The fraction of sp³-hybridized carbons (Fsp3) is 0.167. The van der Waals surface area contributed by atoms with Crippen LogP contribution in [0, 0.1) is 24.3 Å². The Morgan fingerprint density at radius 1 is 0.974 bits per heavy atom. The van der Waals surface area contributed by atoms with Crippen molar-refractivity contribution in [3.8, 4) is 23.3 Å². The van der Waals surface area contributed by atoms with Crippen LogP contribution in [0.2, 0.25) is 0 Å². The number of carbonyl (C=O) groups is 2. The number of hydrogen-bond acceptors (Lipinski definition) is 6. The quantitative estimate of drug-likeness (QED) is 0.362. The summed E-state index contributed by atoms with van der Waals surface area (Å²) < 4.78 is 0. The molecule has 39 heavy (non-hydrogen) atoms. The van der Waals surface area contributed by atoms with E-state index in [0.29, 0.717) is 28.3 Å². The molecule has 0 spiro atoms. The molecule has 0 aliphatic carbocycles. The second-order valence-electron chi connectivity index (χ2n) is 9.27. The second-order valence-corrected chi connectivity index (χ2v) is 9.27. The number of anilines is 2. The van der Waals surface area contributed by atoms with E-state index in [0.717, 1.165) is 16.8 Å². The second kappa shape index (κ2) is 11.8. The zero-order valence-corrected chi connectivity index (χ0v) is 21.8. The summed E-state index contributed by atoms with van der Waals surface area (Å²) in [5.74, 6) is -0.249. The Kier molecular flexibility index (Phi) is 8.03. The monoisotopic (exact) mass is 516 g/mol. The van der Waals surface area contributed by atoms with E-state index in [-0.39, 0.29) is 18.4 Å². The van der Waals surface area contributed by atoms with Crippen LogP contribution in [0.4, 0.5) is 11.5 Å². The Labute approximate surface area is 226 Å². The summed E-state index contributed by atoms with van der Waals surface area (Å²) in [6, 6.07) is 25.0. The average Bonchev–Trinajstić information content (AvgIpc) is 2.94. The zero-order chi connectivity index (χ0) is 27.8. The highest BCUT2D eigenvalue weighted by Crippen LogP contribution is 2.27. The highest BCUT2D eigenvalue weighted by molar-refractivity contribution is 6.04. The molecule has 2 aromatic heterocycles. The lowest BCUT2D eigenvalue weighted by Gasteiger charge is -2.15. The molecule has 0 radical (unpaired) electrons. The Balaban J connectivity index is 1.55. The van der Waals surface area contributed by atoms with Gasteiger partial charge >= 0.3 is 18.5 Å². The lowest BCUT2D eigenvalue weighted by Crippen LogP contribution is -2.18. The fourth-order valence-corrected chi connectivity index (χ4v) is 3.65. The Hall–Kier alpha value is -5.41. The molecular weight excluding hydrogens is 490 g/mol. The Morgan fingerprint density at radius 2 is 1.77 bits per heavy atom. The van der Waals surface area contributed by atoms with E-state index >= 15 is 0 Å². The summed E-state index contributed by atoms with van der Waals surface area (Å²) in [4.78, 5) is 41.8. The van der Waals surface area contributed by atoms with Crippen LogP contribution in [-0.2, 0) is 10.2 Å². The van der Waals surface area contributed by atoms with E-state index in [4.69, 9.17) is 0 Å². The summed E-state index contributed by atoms with van der Waals surface area (Å²) in [6.07, 6.45) is 2.91. The van der Waals surface area contributed by atoms with Crippen LogP contribution in [0.3, 0.4) is 0 Å². The van der Waals surface area contributed by atoms with E-state index < -0.39 is 5.41 Å². The van der Waals surface area contributed by atoms with Gasteiger partial charge in [-0.1, -0.05) is 35.2 Å². The molecule has 0 fully saturated rings. The van der Waals surface area contributed by atoms with Crippen molar-refractivity contribution in [1.29, 1.82) is 5.26 Å². The first-order valence-electron chi connectivity index (χ1n) is 12.1. The van der Waals surface area contributed by atoms with E-state index in [1.54, 1.807) is 44.2 Å². The Morgan fingerprint density at radius 3 is 2.51 bits per heavy atom. The van der Waals surface area contributed by atoms with E-state index in [9.17, 15) is 14.9 Å². The summed E-state index contributed by atoms with van der Waals surface area (Å²) >= 11 is 0. The van der Waals surface area contributed by atoms with Crippen molar-refractivity contribution in [1.82, 2.24) is 15.0 Å². The van der Waals surface area contributed by atoms with Crippen molar-refractivity contribution in [2.45, 2.75) is 26.2 Å². The summed E-state index contributed by atoms with van der Waals surface area (Å²) in [6.45, 7) is 5.17. The van der Waals surface area contributed by atoms with Crippen molar-refractivity contribution in [2.24, 2.45) is 0 Å². The number of rotatable bonds is 6. The van der Waals surface area contributed by atoms with Gasteiger partial charge in [-0.05, 0) is 56.7 Å². The van der Waals surface area contributed by atoms with Gasteiger partial charge < -0.3 is 10.6 Å². The van der Waals surface area contributed by atoms with Crippen molar-refractivity contribution < 1.29 is 9.59 Å². The van der Waals surface area contributed by atoms with E-state index in [2.05, 4.69) is 42.6 Å². The molecule has 0 saturated carbocycles. The number of nitrogens with zero attached hydrogens (tertiary/aromatic N) is 5. The molecular formula is C30H26N7O2+. The SMILES string of the molecule is Cc1cc(NC(=O)C[N+]#Cc2ccc(NC(=O)c3ccnc(C(C)(C)C#N)c3)cc2-c2ccccc2)ncn1. The highest BCUT2D eigenvalue weighted by Gasteiger charge is 2.23. The third-order valence-electron chi connectivity index (χ3n) is 5.80. The van der Waals surface area contributed by atoms with Gasteiger partial charge in [-0.3, -0.25) is 14.6 Å². The Bertz CT molecular complexity index is 1630. The molecule has 0 aliphatic rings. The molecule has 4 rings (SSSR count).